The maximum atomic E-state index is 11.5. The summed E-state index contributed by atoms with van der Waals surface area (Å²) in [6.45, 7) is 1.76. The molecule has 0 spiro atoms. The largest absolute Gasteiger partial charge is 0.402 e. The Labute approximate surface area is 110 Å². The highest BCUT2D eigenvalue weighted by molar-refractivity contribution is 5.62. The van der Waals surface area contributed by atoms with Crippen LogP contribution in [0.25, 0.3) is 11.4 Å². The molecule has 2 aromatic rings. The molecule has 19 heavy (non-hydrogen) atoms. The van der Waals surface area contributed by atoms with Gasteiger partial charge in [0.25, 0.3) is 5.56 Å². The number of hydrogen-bond acceptors (Lipinski definition) is 4. The van der Waals surface area contributed by atoms with Crippen molar-refractivity contribution in [3.8, 4) is 5.69 Å². The van der Waals surface area contributed by atoms with Gasteiger partial charge in [0.05, 0.1) is 23.3 Å². The Morgan fingerprint density at radius 1 is 1.42 bits per heavy atom. The van der Waals surface area contributed by atoms with Crippen molar-refractivity contribution in [3.05, 3.63) is 64.5 Å². The summed E-state index contributed by atoms with van der Waals surface area (Å²) in [6.07, 6.45) is 6.63. The number of nitrogens with zero attached hydrogens (tertiary/aromatic N) is 2. The molecule has 0 fully saturated rings. The predicted molar refractivity (Wildman–Crippen MR) is 74.3 cm³/mol. The second-order valence-electron chi connectivity index (χ2n) is 4.08. The lowest BCUT2D eigenvalue weighted by Gasteiger charge is -2.07. The van der Waals surface area contributed by atoms with Crippen LogP contribution in [-0.4, -0.2) is 14.8 Å². The number of rotatable bonds is 3. The molecule has 6 heteroatoms. The number of allylic oxidation sites excluding steroid dienone is 3. The van der Waals surface area contributed by atoms with E-state index < -0.39 is 0 Å². The van der Waals surface area contributed by atoms with E-state index >= 15 is 0 Å². The molecule has 0 aliphatic rings. The normalized spacial score (nSPS) is 12.7. The highest BCUT2D eigenvalue weighted by Gasteiger charge is 2.08. The monoisotopic (exact) mass is 257 g/mol. The van der Waals surface area contributed by atoms with Crippen molar-refractivity contribution in [1.29, 1.82) is 0 Å². The van der Waals surface area contributed by atoms with E-state index in [1.54, 1.807) is 42.2 Å². The van der Waals surface area contributed by atoms with Crippen LogP contribution in [-0.2, 0) is 0 Å². The minimum absolute atomic E-state index is 0.233. The molecule has 0 atom stereocenters. The van der Waals surface area contributed by atoms with Crippen LogP contribution < -0.4 is 17.0 Å². The van der Waals surface area contributed by atoms with Gasteiger partial charge in [-0.25, -0.2) is 4.68 Å². The first kappa shape index (κ1) is 12.7. The third-order valence-electron chi connectivity index (χ3n) is 2.46. The van der Waals surface area contributed by atoms with Crippen molar-refractivity contribution in [2.75, 3.05) is 0 Å². The van der Waals surface area contributed by atoms with E-state index in [1.165, 1.54) is 6.07 Å². The van der Waals surface area contributed by atoms with Crippen molar-refractivity contribution in [2.24, 2.45) is 11.5 Å². The molecular weight excluding hydrogens is 242 g/mol. The number of aromatic amines is 1. The lowest BCUT2D eigenvalue weighted by molar-refractivity contribution is 0.845. The molecule has 0 aliphatic carbocycles. The van der Waals surface area contributed by atoms with E-state index in [0.717, 1.165) is 5.69 Å². The number of nitrogens with one attached hydrogen (secondary N) is 1. The number of nitrogens with two attached hydrogens (primary N) is 2. The van der Waals surface area contributed by atoms with E-state index in [2.05, 4.69) is 10.1 Å². The van der Waals surface area contributed by atoms with E-state index in [9.17, 15) is 4.79 Å². The van der Waals surface area contributed by atoms with Gasteiger partial charge in [-0.3, -0.25) is 14.9 Å². The summed E-state index contributed by atoms with van der Waals surface area (Å²) in [4.78, 5) is 15.5. The molecule has 0 saturated heterocycles. The van der Waals surface area contributed by atoms with Gasteiger partial charge in [-0.05, 0) is 31.2 Å². The van der Waals surface area contributed by atoms with E-state index in [1.807, 2.05) is 6.07 Å². The molecule has 6 nitrogen and oxygen atoms in total. The van der Waals surface area contributed by atoms with Gasteiger partial charge in [-0.15, -0.1) is 0 Å². The van der Waals surface area contributed by atoms with E-state index in [0.29, 0.717) is 17.1 Å². The van der Waals surface area contributed by atoms with Crippen LogP contribution in [0.15, 0.2) is 53.2 Å². The molecule has 0 aliphatic heterocycles. The summed E-state index contributed by atoms with van der Waals surface area (Å²) >= 11 is 0. The topological polar surface area (TPSA) is 103 Å². The lowest BCUT2D eigenvalue weighted by atomic mass is 10.2. The van der Waals surface area contributed by atoms with Gasteiger partial charge in [-0.1, -0.05) is 0 Å². The minimum Gasteiger partial charge on any atom is -0.402 e. The Morgan fingerprint density at radius 2 is 2.21 bits per heavy atom. The van der Waals surface area contributed by atoms with Crippen LogP contribution in [0.2, 0.25) is 0 Å². The van der Waals surface area contributed by atoms with Gasteiger partial charge in [0.15, 0.2) is 0 Å². The second kappa shape index (κ2) is 5.26. The molecule has 5 N–H and O–H groups in total. The summed E-state index contributed by atoms with van der Waals surface area (Å²) in [5.74, 6) is 0. The molecule has 98 valence electrons. The average molecular weight is 257 g/mol. The number of aromatic nitrogens is 3. The molecule has 0 bridgehead atoms. The van der Waals surface area contributed by atoms with Crippen LogP contribution >= 0.6 is 0 Å². The minimum atomic E-state index is -0.233. The van der Waals surface area contributed by atoms with Gasteiger partial charge < -0.3 is 11.5 Å². The van der Waals surface area contributed by atoms with Crippen LogP contribution in [0.3, 0.4) is 0 Å². The van der Waals surface area contributed by atoms with Gasteiger partial charge in [0, 0.05) is 18.0 Å². The first-order chi connectivity index (χ1) is 9.08. The van der Waals surface area contributed by atoms with Crippen LogP contribution in [0.1, 0.15) is 12.6 Å². The van der Waals surface area contributed by atoms with Crippen molar-refractivity contribution in [2.45, 2.75) is 6.92 Å². The number of pyridine rings is 1. The Bertz CT molecular complexity index is 675. The molecule has 0 saturated carbocycles. The van der Waals surface area contributed by atoms with Crippen LogP contribution in [0.4, 0.5) is 0 Å². The fourth-order valence-corrected chi connectivity index (χ4v) is 1.60. The lowest BCUT2D eigenvalue weighted by Crippen LogP contribution is -2.07. The van der Waals surface area contributed by atoms with Crippen molar-refractivity contribution < 1.29 is 0 Å². The van der Waals surface area contributed by atoms with E-state index in [4.69, 9.17) is 11.5 Å². The van der Waals surface area contributed by atoms with Crippen molar-refractivity contribution in [3.63, 3.8) is 0 Å². The molecule has 0 radical (unpaired) electrons. The fraction of sp³-hybridized carbons (Fsp3) is 0.0769. The van der Waals surface area contributed by atoms with Gasteiger partial charge in [-0.2, -0.15) is 0 Å². The van der Waals surface area contributed by atoms with Crippen LogP contribution in [0, 0.1) is 0 Å². The number of H-pyrrole nitrogens is 1. The second-order valence-corrected chi connectivity index (χ2v) is 4.08. The van der Waals surface area contributed by atoms with Crippen molar-refractivity contribution >= 4 is 5.70 Å². The molecular formula is C13H15N5O. The molecule has 0 aromatic carbocycles. The third-order valence-corrected chi connectivity index (χ3v) is 2.46. The number of hydrogen-bond donors (Lipinski definition) is 3. The predicted octanol–water partition coefficient (Wildman–Crippen LogP) is 0.723. The first-order valence-corrected chi connectivity index (χ1v) is 5.70. The van der Waals surface area contributed by atoms with Gasteiger partial charge >= 0.3 is 0 Å². The van der Waals surface area contributed by atoms with Gasteiger partial charge in [0.1, 0.15) is 0 Å². The van der Waals surface area contributed by atoms with Crippen LogP contribution in [0.5, 0.6) is 0 Å². The molecule has 2 aromatic heterocycles. The summed E-state index contributed by atoms with van der Waals surface area (Å²) in [6, 6.07) is 5.03. The highest BCUT2D eigenvalue weighted by atomic mass is 16.1. The van der Waals surface area contributed by atoms with Gasteiger partial charge in [0.2, 0.25) is 0 Å². The SMILES string of the molecule is C/C(N)=C/C=C(\N)c1cc(=O)[nH]n1-c1cccnc1. The quantitative estimate of drug-likeness (QED) is 0.705. The summed E-state index contributed by atoms with van der Waals surface area (Å²) in [5, 5.41) is 2.68. The maximum Gasteiger partial charge on any atom is 0.265 e. The summed E-state index contributed by atoms with van der Waals surface area (Å²) < 4.78 is 1.58. The van der Waals surface area contributed by atoms with Crippen molar-refractivity contribution in [1.82, 2.24) is 14.8 Å². The Morgan fingerprint density at radius 3 is 2.84 bits per heavy atom. The molecule has 2 rings (SSSR count). The zero-order chi connectivity index (χ0) is 13.8. The average Bonchev–Trinajstić information content (AvgIpc) is 2.79. The maximum absolute atomic E-state index is 11.5. The summed E-state index contributed by atoms with van der Waals surface area (Å²) in [7, 11) is 0. The Hall–Kier alpha value is -2.76. The Kier molecular flexibility index (Phi) is 3.51. The molecule has 0 unspecified atom stereocenters. The van der Waals surface area contributed by atoms with E-state index in [-0.39, 0.29) is 5.56 Å². The smallest absolute Gasteiger partial charge is 0.265 e. The fourth-order valence-electron chi connectivity index (χ4n) is 1.60. The highest BCUT2D eigenvalue weighted by Crippen LogP contribution is 2.12. The molecule has 0 amide bonds. The standard InChI is InChI=1S/C13H15N5O/c1-9(14)4-5-11(15)12-7-13(19)17-18(12)10-3-2-6-16-8-10/h2-8H,14-15H2,1H3,(H,17,19)/b9-4-,11-5-. The summed E-state index contributed by atoms with van der Waals surface area (Å²) in [5.41, 5.74) is 13.6. The third kappa shape index (κ3) is 2.92. The zero-order valence-electron chi connectivity index (χ0n) is 10.5. The Balaban J connectivity index is 2.51. The molecule has 2 heterocycles. The first-order valence-electron chi connectivity index (χ1n) is 5.70. The zero-order valence-corrected chi connectivity index (χ0v) is 10.5.